The molecule has 0 bridgehead atoms. The molecule has 2 aromatic rings. The van der Waals surface area contributed by atoms with Gasteiger partial charge in [-0.25, -0.2) is 4.98 Å². The van der Waals surface area contributed by atoms with Crippen molar-refractivity contribution in [3.8, 4) is 0 Å². The number of carbonyl (C=O) groups excluding carboxylic acids is 1. The zero-order valence-electron chi connectivity index (χ0n) is 14.6. The van der Waals surface area contributed by atoms with Crippen molar-refractivity contribution in [2.75, 3.05) is 30.3 Å². The Balaban J connectivity index is 0.00000225. The number of piperidine rings is 1. The molecule has 1 aromatic carbocycles. The smallest absolute Gasteiger partial charge is 0.245 e. The summed E-state index contributed by atoms with van der Waals surface area (Å²) in [4.78, 5) is 17.8. The summed E-state index contributed by atoms with van der Waals surface area (Å²) in [7, 11) is 0. The highest BCUT2D eigenvalue weighted by atomic mass is 35.5. The summed E-state index contributed by atoms with van der Waals surface area (Å²) in [6.45, 7) is 6.45. The number of amides is 1. The first kappa shape index (κ1) is 19.7. The van der Waals surface area contributed by atoms with Crippen molar-refractivity contribution < 1.29 is 4.79 Å². The number of rotatable bonds is 5. The van der Waals surface area contributed by atoms with E-state index in [1.807, 2.05) is 38.2 Å². The van der Waals surface area contributed by atoms with Gasteiger partial charge in [-0.3, -0.25) is 4.79 Å². The normalized spacial score (nSPS) is 14.6. The van der Waals surface area contributed by atoms with E-state index in [0.29, 0.717) is 11.0 Å². The molecule has 25 heavy (non-hydrogen) atoms. The second kappa shape index (κ2) is 9.17. The third-order valence-electron chi connectivity index (χ3n) is 4.42. The number of hydrogen-bond acceptors (Lipinski definition) is 5. The van der Waals surface area contributed by atoms with Crippen LogP contribution in [0, 0.1) is 13.8 Å². The third-order valence-corrected chi connectivity index (χ3v) is 5.49. The van der Waals surface area contributed by atoms with E-state index < -0.39 is 0 Å². The predicted molar refractivity (Wildman–Crippen MR) is 107 cm³/mol. The maximum absolute atomic E-state index is 12.2. The molecule has 5 nitrogen and oxygen atoms in total. The van der Waals surface area contributed by atoms with Gasteiger partial charge in [-0.1, -0.05) is 18.2 Å². The van der Waals surface area contributed by atoms with Gasteiger partial charge >= 0.3 is 0 Å². The van der Waals surface area contributed by atoms with E-state index in [4.69, 9.17) is 0 Å². The lowest BCUT2D eigenvalue weighted by Gasteiger charge is -2.20. The fourth-order valence-corrected chi connectivity index (χ4v) is 4.07. The van der Waals surface area contributed by atoms with E-state index in [2.05, 4.69) is 20.9 Å². The monoisotopic (exact) mass is 380 g/mol. The molecule has 136 valence electrons. The minimum absolute atomic E-state index is 0. The maximum atomic E-state index is 12.2. The fraction of sp³-hybridized carbons (Fsp3) is 0.444. The highest BCUT2D eigenvalue weighted by molar-refractivity contribution is 7.15. The summed E-state index contributed by atoms with van der Waals surface area (Å²) in [5, 5.41) is 10.2. The van der Waals surface area contributed by atoms with E-state index in [-0.39, 0.29) is 24.9 Å². The Kier molecular flexibility index (Phi) is 7.23. The Hall–Kier alpha value is -1.63. The van der Waals surface area contributed by atoms with Crippen molar-refractivity contribution in [3.05, 3.63) is 40.4 Å². The van der Waals surface area contributed by atoms with Gasteiger partial charge in [0.05, 0.1) is 6.54 Å². The molecule has 1 aliphatic rings. The van der Waals surface area contributed by atoms with Gasteiger partial charge in [0.1, 0.15) is 0 Å². The van der Waals surface area contributed by atoms with Crippen LogP contribution < -0.4 is 16.0 Å². The largest absolute Gasteiger partial charge is 0.376 e. The second-order valence-electron chi connectivity index (χ2n) is 6.26. The number of anilines is 2. The molecule has 3 rings (SSSR count). The minimum atomic E-state index is -0.0659. The summed E-state index contributed by atoms with van der Waals surface area (Å²) < 4.78 is 0. The maximum Gasteiger partial charge on any atom is 0.245 e. The van der Waals surface area contributed by atoms with Crippen LogP contribution >= 0.6 is 23.7 Å². The van der Waals surface area contributed by atoms with Crippen molar-refractivity contribution in [1.29, 1.82) is 0 Å². The Morgan fingerprint density at radius 2 is 1.96 bits per heavy atom. The Morgan fingerprint density at radius 3 is 2.64 bits per heavy atom. The Bertz CT molecular complexity index is 693. The van der Waals surface area contributed by atoms with Crippen molar-refractivity contribution in [2.24, 2.45) is 0 Å². The highest BCUT2D eigenvalue weighted by Crippen LogP contribution is 2.31. The second-order valence-corrected chi connectivity index (χ2v) is 7.32. The van der Waals surface area contributed by atoms with E-state index in [0.717, 1.165) is 42.7 Å². The number of aromatic nitrogens is 1. The Labute approximate surface area is 159 Å². The van der Waals surface area contributed by atoms with Gasteiger partial charge in [0.25, 0.3) is 0 Å². The number of aryl methyl sites for hydroxylation is 2. The predicted octanol–water partition coefficient (Wildman–Crippen LogP) is 3.70. The molecule has 1 saturated heterocycles. The van der Waals surface area contributed by atoms with Crippen molar-refractivity contribution in [2.45, 2.75) is 32.6 Å². The van der Waals surface area contributed by atoms with Crippen LogP contribution in [0.1, 0.15) is 34.8 Å². The zero-order valence-corrected chi connectivity index (χ0v) is 16.2. The van der Waals surface area contributed by atoms with Crippen LogP contribution in [0.4, 0.5) is 10.8 Å². The molecule has 0 saturated carbocycles. The van der Waals surface area contributed by atoms with Gasteiger partial charge in [-0.2, -0.15) is 0 Å². The number of nitrogens with zero attached hydrogens (tertiary/aromatic N) is 1. The first-order valence-corrected chi connectivity index (χ1v) is 9.21. The highest BCUT2D eigenvalue weighted by Gasteiger charge is 2.18. The molecule has 2 heterocycles. The standard InChI is InChI=1S/C18H24N4OS.ClH/c1-12-4-3-5-13(2)17(12)20-11-16(23)22-18-21-10-15(24-18)14-6-8-19-9-7-14;/h3-5,10,14,19-20H,6-9,11H2,1-2H3,(H,21,22,23);1H. The molecule has 7 heteroatoms. The van der Waals surface area contributed by atoms with Crippen LogP contribution in [0.3, 0.4) is 0 Å². The van der Waals surface area contributed by atoms with Gasteiger partial charge in [-0.15, -0.1) is 23.7 Å². The van der Waals surface area contributed by atoms with Crippen molar-refractivity contribution in [1.82, 2.24) is 10.3 Å². The summed E-state index contributed by atoms with van der Waals surface area (Å²) in [6, 6.07) is 6.10. The SMILES string of the molecule is Cc1cccc(C)c1NCC(=O)Nc1ncc(C2CCNCC2)s1.Cl. The van der Waals surface area contributed by atoms with Crippen molar-refractivity contribution >= 4 is 40.5 Å². The van der Waals surface area contributed by atoms with Gasteiger partial charge in [0.15, 0.2) is 5.13 Å². The number of halogens is 1. The van der Waals surface area contributed by atoms with Crippen molar-refractivity contribution in [3.63, 3.8) is 0 Å². The minimum Gasteiger partial charge on any atom is -0.376 e. The van der Waals surface area contributed by atoms with Crippen LogP contribution in [-0.4, -0.2) is 30.5 Å². The molecule has 1 amide bonds. The van der Waals surface area contributed by atoms with Gasteiger partial charge in [-0.05, 0) is 56.8 Å². The molecule has 1 aromatic heterocycles. The van der Waals surface area contributed by atoms with E-state index >= 15 is 0 Å². The van der Waals surface area contributed by atoms with Gasteiger partial charge in [0, 0.05) is 16.8 Å². The Morgan fingerprint density at radius 1 is 1.28 bits per heavy atom. The first-order valence-electron chi connectivity index (χ1n) is 8.40. The summed E-state index contributed by atoms with van der Waals surface area (Å²) in [6.07, 6.45) is 4.20. The molecule has 0 unspecified atom stereocenters. The lowest BCUT2D eigenvalue weighted by atomic mass is 9.97. The summed E-state index contributed by atoms with van der Waals surface area (Å²) in [5.74, 6) is 0.506. The molecule has 3 N–H and O–H groups in total. The van der Waals surface area contributed by atoms with E-state index in [1.165, 1.54) is 4.88 Å². The van der Waals surface area contributed by atoms with E-state index in [1.54, 1.807) is 11.3 Å². The summed E-state index contributed by atoms with van der Waals surface area (Å²) >= 11 is 1.60. The molecular weight excluding hydrogens is 356 g/mol. The number of thiazole rings is 1. The van der Waals surface area contributed by atoms with Crippen LogP contribution in [-0.2, 0) is 4.79 Å². The fourth-order valence-electron chi connectivity index (χ4n) is 3.06. The number of nitrogens with one attached hydrogen (secondary N) is 3. The average molecular weight is 381 g/mol. The molecule has 0 aliphatic carbocycles. The zero-order chi connectivity index (χ0) is 16.9. The lowest BCUT2D eigenvalue weighted by molar-refractivity contribution is -0.114. The topological polar surface area (TPSA) is 66.0 Å². The third kappa shape index (κ3) is 5.17. The molecular formula is C18H25ClN4OS. The van der Waals surface area contributed by atoms with Crippen LogP contribution in [0.5, 0.6) is 0 Å². The number of benzene rings is 1. The number of carbonyl (C=O) groups is 1. The molecule has 0 spiro atoms. The lowest BCUT2D eigenvalue weighted by Crippen LogP contribution is -2.26. The quantitative estimate of drug-likeness (QED) is 0.739. The number of para-hydroxylation sites is 1. The van der Waals surface area contributed by atoms with E-state index in [9.17, 15) is 4.79 Å². The van der Waals surface area contributed by atoms with Gasteiger partial charge in [0.2, 0.25) is 5.91 Å². The number of hydrogen-bond donors (Lipinski definition) is 3. The molecule has 1 aliphatic heterocycles. The molecule has 0 radical (unpaired) electrons. The molecule has 0 atom stereocenters. The summed E-state index contributed by atoms with van der Waals surface area (Å²) in [5.41, 5.74) is 3.32. The average Bonchev–Trinajstić information content (AvgIpc) is 3.03. The first-order chi connectivity index (χ1) is 11.6. The van der Waals surface area contributed by atoms with Crippen LogP contribution in [0.2, 0.25) is 0 Å². The van der Waals surface area contributed by atoms with Crippen LogP contribution in [0.25, 0.3) is 0 Å². The molecule has 1 fully saturated rings. The van der Waals surface area contributed by atoms with Gasteiger partial charge < -0.3 is 16.0 Å². The van der Waals surface area contributed by atoms with Crippen LogP contribution in [0.15, 0.2) is 24.4 Å².